The predicted octanol–water partition coefficient (Wildman–Crippen LogP) is 4.21. The molecule has 0 aliphatic heterocycles. The highest BCUT2D eigenvalue weighted by molar-refractivity contribution is 5.27. The highest BCUT2D eigenvalue weighted by Crippen LogP contribution is 2.15. The molecule has 1 rings (SSSR count). The van der Waals surface area contributed by atoms with Crippen molar-refractivity contribution >= 4 is 0 Å². The van der Waals surface area contributed by atoms with Crippen LogP contribution in [-0.4, -0.2) is 6.10 Å². The molecule has 0 bridgehead atoms. The third kappa shape index (κ3) is 4.87. The van der Waals surface area contributed by atoms with Crippen LogP contribution >= 0.6 is 0 Å². The van der Waals surface area contributed by atoms with Gasteiger partial charge in [-0.3, -0.25) is 0 Å². The summed E-state index contributed by atoms with van der Waals surface area (Å²) >= 11 is 0. The average molecular weight is 206 g/mol. The molecular weight excluding hydrogens is 184 g/mol. The van der Waals surface area contributed by atoms with Crippen LogP contribution in [0.1, 0.15) is 45.6 Å². The molecule has 1 aromatic carbocycles. The topological polar surface area (TPSA) is 9.23 Å². The minimum Gasteiger partial charge on any atom is -0.491 e. The van der Waals surface area contributed by atoms with Crippen LogP contribution in [0.4, 0.5) is 0 Å². The highest BCUT2D eigenvalue weighted by atomic mass is 16.5. The van der Waals surface area contributed by atoms with Gasteiger partial charge in [-0.15, -0.1) is 0 Å². The van der Waals surface area contributed by atoms with Gasteiger partial charge in [-0.25, -0.2) is 0 Å². The quantitative estimate of drug-likeness (QED) is 0.634. The molecule has 0 fully saturated rings. The van der Waals surface area contributed by atoms with Crippen LogP contribution in [0, 0.1) is 0 Å². The predicted molar refractivity (Wildman–Crippen MR) is 65.4 cm³/mol. The fraction of sp³-hybridized carbons (Fsp3) is 0.571. The van der Waals surface area contributed by atoms with E-state index in [0.29, 0.717) is 0 Å². The molecule has 0 atom stereocenters. The van der Waals surface area contributed by atoms with E-state index in [9.17, 15) is 0 Å². The first kappa shape index (κ1) is 12.1. The SMILES string of the molecule is CCCCCc1ccc(OC(C)C)cc1. The van der Waals surface area contributed by atoms with E-state index in [1.165, 1.54) is 31.2 Å². The van der Waals surface area contributed by atoms with E-state index in [1.807, 2.05) is 0 Å². The minimum atomic E-state index is 0.260. The summed E-state index contributed by atoms with van der Waals surface area (Å²) in [5, 5.41) is 0. The van der Waals surface area contributed by atoms with Gasteiger partial charge in [-0.05, 0) is 44.4 Å². The second kappa shape index (κ2) is 6.49. The molecule has 0 aromatic heterocycles. The Morgan fingerprint density at radius 1 is 1.07 bits per heavy atom. The number of hydrogen-bond donors (Lipinski definition) is 0. The third-order valence-electron chi connectivity index (χ3n) is 2.36. The van der Waals surface area contributed by atoms with Crippen molar-refractivity contribution in [3.05, 3.63) is 29.8 Å². The van der Waals surface area contributed by atoms with E-state index in [0.717, 1.165) is 5.75 Å². The Kier molecular flexibility index (Phi) is 5.23. The van der Waals surface area contributed by atoms with Gasteiger partial charge in [-0.2, -0.15) is 0 Å². The minimum absolute atomic E-state index is 0.260. The molecule has 15 heavy (non-hydrogen) atoms. The second-order valence-electron chi connectivity index (χ2n) is 4.27. The lowest BCUT2D eigenvalue weighted by molar-refractivity contribution is 0.242. The van der Waals surface area contributed by atoms with Gasteiger partial charge >= 0.3 is 0 Å². The smallest absolute Gasteiger partial charge is 0.119 e. The summed E-state index contributed by atoms with van der Waals surface area (Å²) in [5.74, 6) is 0.976. The maximum absolute atomic E-state index is 5.59. The lowest BCUT2D eigenvalue weighted by Gasteiger charge is -2.09. The molecule has 0 saturated carbocycles. The molecular formula is C14H22O. The zero-order valence-electron chi connectivity index (χ0n) is 10.1. The largest absolute Gasteiger partial charge is 0.491 e. The zero-order chi connectivity index (χ0) is 11.1. The van der Waals surface area contributed by atoms with Crippen LogP contribution in [-0.2, 0) is 6.42 Å². The Bertz CT molecular complexity index is 261. The molecule has 0 amide bonds. The molecule has 0 N–H and O–H groups in total. The summed E-state index contributed by atoms with van der Waals surface area (Å²) in [7, 11) is 0. The molecule has 0 unspecified atom stereocenters. The van der Waals surface area contributed by atoms with Crippen molar-refractivity contribution in [3.63, 3.8) is 0 Å². The summed E-state index contributed by atoms with van der Waals surface area (Å²) < 4.78 is 5.59. The van der Waals surface area contributed by atoms with E-state index in [1.54, 1.807) is 0 Å². The van der Waals surface area contributed by atoms with Crippen molar-refractivity contribution < 1.29 is 4.74 Å². The van der Waals surface area contributed by atoms with Crippen LogP contribution in [0.5, 0.6) is 5.75 Å². The first-order valence-corrected chi connectivity index (χ1v) is 5.98. The van der Waals surface area contributed by atoms with Crippen molar-refractivity contribution in [2.75, 3.05) is 0 Å². The number of unbranched alkanes of at least 4 members (excludes halogenated alkanes) is 2. The van der Waals surface area contributed by atoms with Crippen LogP contribution < -0.4 is 4.74 Å². The molecule has 1 aromatic rings. The van der Waals surface area contributed by atoms with E-state index < -0.39 is 0 Å². The number of hydrogen-bond acceptors (Lipinski definition) is 1. The van der Waals surface area contributed by atoms with E-state index in [2.05, 4.69) is 45.0 Å². The molecule has 84 valence electrons. The Labute approximate surface area is 93.5 Å². The van der Waals surface area contributed by atoms with Gasteiger partial charge in [-0.1, -0.05) is 31.9 Å². The standard InChI is InChI=1S/C14H22O/c1-4-5-6-7-13-8-10-14(11-9-13)15-12(2)3/h8-12H,4-7H2,1-3H3. The first-order chi connectivity index (χ1) is 7.22. The Balaban J connectivity index is 2.42. The van der Waals surface area contributed by atoms with Crippen molar-refractivity contribution in [1.82, 2.24) is 0 Å². The third-order valence-corrected chi connectivity index (χ3v) is 2.36. The summed E-state index contributed by atoms with van der Waals surface area (Å²) in [6.07, 6.45) is 5.35. The fourth-order valence-electron chi connectivity index (χ4n) is 1.59. The Morgan fingerprint density at radius 3 is 2.27 bits per heavy atom. The summed E-state index contributed by atoms with van der Waals surface area (Å²) in [6, 6.07) is 8.49. The normalized spacial score (nSPS) is 10.7. The molecule has 0 heterocycles. The highest BCUT2D eigenvalue weighted by Gasteiger charge is 1.97. The summed E-state index contributed by atoms with van der Waals surface area (Å²) in [4.78, 5) is 0. The number of rotatable bonds is 6. The van der Waals surface area contributed by atoms with Crippen molar-refractivity contribution in [2.24, 2.45) is 0 Å². The molecule has 0 spiro atoms. The molecule has 0 radical (unpaired) electrons. The molecule has 1 heteroatoms. The summed E-state index contributed by atoms with van der Waals surface area (Å²) in [6.45, 7) is 6.34. The maximum atomic E-state index is 5.59. The van der Waals surface area contributed by atoms with Crippen LogP contribution in [0.2, 0.25) is 0 Å². The van der Waals surface area contributed by atoms with Gasteiger partial charge in [0.15, 0.2) is 0 Å². The van der Waals surface area contributed by atoms with Gasteiger partial charge in [0.1, 0.15) is 5.75 Å². The van der Waals surface area contributed by atoms with Crippen LogP contribution in [0.3, 0.4) is 0 Å². The monoisotopic (exact) mass is 206 g/mol. The Hall–Kier alpha value is -0.980. The van der Waals surface area contributed by atoms with Gasteiger partial charge in [0, 0.05) is 0 Å². The van der Waals surface area contributed by atoms with E-state index >= 15 is 0 Å². The van der Waals surface area contributed by atoms with Gasteiger partial charge in [0.25, 0.3) is 0 Å². The average Bonchev–Trinajstić information content (AvgIpc) is 2.20. The van der Waals surface area contributed by atoms with Crippen LogP contribution in [0.25, 0.3) is 0 Å². The van der Waals surface area contributed by atoms with Gasteiger partial charge < -0.3 is 4.74 Å². The van der Waals surface area contributed by atoms with Crippen molar-refractivity contribution in [2.45, 2.75) is 52.6 Å². The number of ether oxygens (including phenoxy) is 1. The van der Waals surface area contributed by atoms with E-state index in [-0.39, 0.29) is 6.10 Å². The lowest BCUT2D eigenvalue weighted by atomic mass is 10.1. The summed E-state index contributed by atoms with van der Waals surface area (Å²) in [5.41, 5.74) is 1.42. The fourth-order valence-corrected chi connectivity index (χ4v) is 1.59. The van der Waals surface area contributed by atoms with Crippen molar-refractivity contribution in [3.8, 4) is 5.75 Å². The van der Waals surface area contributed by atoms with E-state index in [4.69, 9.17) is 4.74 Å². The molecule has 0 aliphatic rings. The first-order valence-electron chi connectivity index (χ1n) is 5.98. The van der Waals surface area contributed by atoms with Crippen molar-refractivity contribution in [1.29, 1.82) is 0 Å². The van der Waals surface area contributed by atoms with Gasteiger partial charge in [0.2, 0.25) is 0 Å². The number of aryl methyl sites for hydroxylation is 1. The second-order valence-corrected chi connectivity index (χ2v) is 4.27. The van der Waals surface area contributed by atoms with Crippen LogP contribution in [0.15, 0.2) is 24.3 Å². The maximum Gasteiger partial charge on any atom is 0.119 e. The van der Waals surface area contributed by atoms with Gasteiger partial charge in [0.05, 0.1) is 6.10 Å². The number of benzene rings is 1. The molecule has 1 nitrogen and oxygen atoms in total. The lowest BCUT2D eigenvalue weighted by Crippen LogP contribution is -2.05. The Morgan fingerprint density at radius 2 is 1.73 bits per heavy atom. The zero-order valence-corrected chi connectivity index (χ0v) is 10.1. The molecule has 0 saturated heterocycles. The molecule has 0 aliphatic carbocycles.